The van der Waals surface area contributed by atoms with Crippen LogP contribution in [0.3, 0.4) is 0 Å². The Bertz CT molecular complexity index is 879. The average Bonchev–Trinajstić information content (AvgIpc) is 3.10. The highest BCUT2D eigenvalue weighted by atomic mass is 16.1. The molecule has 106 valence electrons. The van der Waals surface area contributed by atoms with Gasteiger partial charge in [0.15, 0.2) is 0 Å². The fraction of sp³-hybridized carbons (Fsp3) is 0.267. The molecule has 1 aliphatic carbocycles. The fourth-order valence-corrected chi connectivity index (χ4v) is 3.10. The van der Waals surface area contributed by atoms with Crippen LogP contribution in [0.2, 0.25) is 0 Å². The molecule has 1 atom stereocenters. The number of imidazole rings is 1. The SMILES string of the molecule is CNC1CCc2cc(-c3cnc4c(=O)[nH]cnn34)ccc21. The van der Waals surface area contributed by atoms with E-state index < -0.39 is 0 Å². The van der Waals surface area contributed by atoms with Gasteiger partial charge in [0.1, 0.15) is 6.33 Å². The van der Waals surface area contributed by atoms with E-state index in [4.69, 9.17) is 0 Å². The molecule has 0 radical (unpaired) electrons. The summed E-state index contributed by atoms with van der Waals surface area (Å²) in [6, 6.07) is 6.85. The van der Waals surface area contributed by atoms with E-state index in [0.29, 0.717) is 11.7 Å². The van der Waals surface area contributed by atoms with Crippen LogP contribution in [0.1, 0.15) is 23.6 Å². The smallest absolute Gasteiger partial charge is 0.294 e. The molecular weight excluding hydrogens is 266 g/mol. The van der Waals surface area contributed by atoms with Gasteiger partial charge in [0.05, 0.1) is 11.9 Å². The van der Waals surface area contributed by atoms with Gasteiger partial charge in [0.2, 0.25) is 5.65 Å². The Morgan fingerprint density at radius 3 is 3.19 bits per heavy atom. The van der Waals surface area contributed by atoms with Gasteiger partial charge in [-0.2, -0.15) is 5.10 Å². The van der Waals surface area contributed by atoms with Crippen molar-refractivity contribution in [3.8, 4) is 11.3 Å². The van der Waals surface area contributed by atoms with Gasteiger partial charge in [-0.3, -0.25) is 4.79 Å². The summed E-state index contributed by atoms with van der Waals surface area (Å²) in [6.07, 6.45) is 5.29. The lowest BCUT2D eigenvalue weighted by Crippen LogP contribution is -2.12. The third-order valence-corrected chi connectivity index (χ3v) is 4.17. The summed E-state index contributed by atoms with van der Waals surface area (Å²) in [6.45, 7) is 0. The number of aryl methyl sites for hydroxylation is 1. The fourth-order valence-electron chi connectivity index (χ4n) is 3.10. The number of hydrogen-bond acceptors (Lipinski definition) is 4. The maximum absolute atomic E-state index is 11.7. The van der Waals surface area contributed by atoms with Gasteiger partial charge in [-0.1, -0.05) is 12.1 Å². The van der Waals surface area contributed by atoms with E-state index in [1.54, 1.807) is 10.7 Å². The molecule has 0 spiro atoms. The van der Waals surface area contributed by atoms with Crippen LogP contribution in [-0.2, 0) is 6.42 Å². The molecule has 6 nitrogen and oxygen atoms in total. The van der Waals surface area contributed by atoms with Crippen LogP contribution in [-0.4, -0.2) is 26.6 Å². The highest BCUT2D eigenvalue weighted by molar-refractivity contribution is 5.64. The van der Waals surface area contributed by atoms with Crippen LogP contribution < -0.4 is 10.9 Å². The van der Waals surface area contributed by atoms with Gasteiger partial charge in [-0.05, 0) is 37.1 Å². The first-order chi connectivity index (χ1) is 10.3. The Morgan fingerprint density at radius 1 is 1.43 bits per heavy atom. The zero-order valence-electron chi connectivity index (χ0n) is 11.6. The maximum atomic E-state index is 11.7. The number of fused-ring (bicyclic) bond motifs is 2. The van der Waals surface area contributed by atoms with Crippen LogP contribution in [0, 0.1) is 0 Å². The Balaban J connectivity index is 1.87. The summed E-state index contributed by atoms with van der Waals surface area (Å²) in [7, 11) is 1.99. The molecule has 2 N–H and O–H groups in total. The summed E-state index contributed by atoms with van der Waals surface area (Å²) in [5.41, 5.74) is 4.68. The zero-order chi connectivity index (χ0) is 14.4. The molecule has 21 heavy (non-hydrogen) atoms. The van der Waals surface area contributed by atoms with E-state index in [-0.39, 0.29) is 5.56 Å². The number of nitrogens with one attached hydrogen (secondary N) is 2. The lowest BCUT2D eigenvalue weighted by Gasteiger charge is -2.10. The van der Waals surface area contributed by atoms with Gasteiger partial charge < -0.3 is 10.3 Å². The number of hydrogen-bond donors (Lipinski definition) is 2. The van der Waals surface area contributed by atoms with Crippen LogP contribution >= 0.6 is 0 Å². The lowest BCUT2D eigenvalue weighted by molar-refractivity contribution is 0.590. The highest BCUT2D eigenvalue weighted by Gasteiger charge is 2.21. The zero-order valence-corrected chi connectivity index (χ0v) is 11.6. The largest absolute Gasteiger partial charge is 0.313 e. The van der Waals surface area contributed by atoms with Gasteiger partial charge in [-0.15, -0.1) is 0 Å². The second-order valence-corrected chi connectivity index (χ2v) is 5.29. The van der Waals surface area contributed by atoms with Crippen molar-refractivity contribution in [2.24, 2.45) is 0 Å². The normalized spacial score (nSPS) is 17.3. The molecule has 1 aromatic carbocycles. The van der Waals surface area contributed by atoms with Gasteiger partial charge in [0, 0.05) is 11.6 Å². The molecule has 6 heteroatoms. The van der Waals surface area contributed by atoms with Gasteiger partial charge >= 0.3 is 0 Å². The molecule has 0 amide bonds. The van der Waals surface area contributed by atoms with Gasteiger partial charge in [0.25, 0.3) is 5.56 Å². The molecule has 3 aromatic rings. The van der Waals surface area contributed by atoms with Crippen LogP contribution in [0.15, 0.2) is 35.5 Å². The molecule has 0 fully saturated rings. The Labute approximate surface area is 120 Å². The lowest BCUT2D eigenvalue weighted by atomic mass is 10.0. The first-order valence-corrected chi connectivity index (χ1v) is 7.00. The Kier molecular flexibility index (Phi) is 2.65. The topological polar surface area (TPSA) is 75.1 Å². The molecule has 0 saturated heterocycles. The first kappa shape index (κ1) is 12.3. The summed E-state index contributed by atoms with van der Waals surface area (Å²) >= 11 is 0. The number of nitrogens with zero attached hydrogens (tertiary/aromatic N) is 3. The molecule has 0 bridgehead atoms. The first-order valence-electron chi connectivity index (χ1n) is 7.00. The summed E-state index contributed by atoms with van der Waals surface area (Å²) in [5.74, 6) is 0. The number of aromatic nitrogens is 4. The van der Waals surface area contributed by atoms with Crippen molar-refractivity contribution < 1.29 is 0 Å². The second kappa shape index (κ2) is 4.53. The molecule has 4 rings (SSSR count). The molecule has 0 saturated carbocycles. The van der Waals surface area contributed by atoms with E-state index in [9.17, 15) is 4.79 Å². The average molecular weight is 281 g/mol. The minimum atomic E-state index is -0.229. The number of rotatable bonds is 2. The highest BCUT2D eigenvalue weighted by Crippen LogP contribution is 2.33. The van der Waals surface area contributed by atoms with Gasteiger partial charge in [-0.25, -0.2) is 9.50 Å². The molecule has 1 aliphatic rings. The number of benzene rings is 1. The van der Waals surface area contributed by atoms with Crippen LogP contribution in [0.4, 0.5) is 0 Å². The second-order valence-electron chi connectivity index (χ2n) is 5.29. The van der Waals surface area contributed by atoms with Crippen molar-refractivity contribution in [2.75, 3.05) is 7.05 Å². The quantitative estimate of drug-likeness (QED) is 0.742. The van der Waals surface area contributed by atoms with E-state index in [1.165, 1.54) is 17.5 Å². The standard InChI is InChI=1S/C15H15N5O/c1-16-12-5-3-9-6-10(2-4-11(9)12)13-7-17-14-15(21)18-8-19-20(13)14/h2,4,6-8,12,16H,3,5H2,1H3,(H,18,19,21). The molecule has 0 aliphatic heterocycles. The van der Waals surface area contributed by atoms with Crippen molar-refractivity contribution in [1.82, 2.24) is 24.9 Å². The van der Waals surface area contributed by atoms with E-state index in [0.717, 1.165) is 24.1 Å². The Hall–Kier alpha value is -2.47. The van der Waals surface area contributed by atoms with Crippen molar-refractivity contribution in [2.45, 2.75) is 18.9 Å². The monoisotopic (exact) mass is 281 g/mol. The molecular formula is C15H15N5O. The third-order valence-electron chi connectivity index (χ3n) is 4.17. The molecule has 2 aromatic heterocycles. The van der Waals surface area contributed by atoms with E-state index >= 15 is 0 Å². The van der Waals surface area contributed by atoms with Crippen LogP contribution in [0.5, 0.6) is 0 Å². The predicted molar refractivity (Wildman–Crippen MR) is 79.2 cm³/mol. The number of H-pyrrole nitrogens is 1. The van der Waals surface area contributed by atoms with Crippen LogP contribution in [0.25, 0.3) is 16.9 Å². The predicted octanol–water partition coefficient (Wildman–Crippen LogP) is 1.29. The Morgan fingerprint density at radius 2 is 2.33 bits per heavy atom. The summed E-state index contributed by atoms with van der Waals surface area (Å²) in [4.78, 5) is 18.4. The maximum Gasteiger partial charge on any atom is 0.294 e. The minimum absolute atomic E-state index is 0.229. The molecule has 2 heterocycles. The third kappa shape index (κ3) is 1.80. The van der Waals surface area contributed by atoms with Crippen molar-refractivity contribution >= 4 is 5.65 Å². The molecule has 1 unspecified atom stereocenters. The number of aromatic amines is 1. The van der Waals surface area contributed by atoms with E-state index in [2.05, 4.69) is 38.6 Å². The van der Waals surface area contributed by atoms with E-state index in [1.807, 2.05) is 7.05 Å². The summed E-state index contributed by atoms with van der Waals surface area (Å²) in [5, 5.41) is 7.53. The minimum Gasteiger partial charge on any atom is -0.313 e. The summed E-state index contributed by atoms with van der Waals surface area (Å²) < 4.78 is 1.59. The van der Waals surface area contributed by atoms with Crippen molar-refractivity contribution in [1.29, 1.82) is 0 Å². The van der Waals surface area contributed by atoms with Crippen molar-refractivity contribution in [3.05, 3.63) is 52.2 Å². The van der Waals surface area contributed by atoms with Crippen molar-refractivity contribution in [3.63, 3.8) is 0 Å².